The van der Waals surface area contributed by atoms with Crippen molar-refractivity contribution in [2.75, 3.05) is 12.3 Å². The minimum absolute atomic E-state index is 0.158. The number of amides is 1. The highest BCUT2D eigenvalue weighted by Crippen LogP contribution is 2.30. The summed E-state index contributed by atoms with van der Waals surface area (Å²) in [6.45, 7) is 1.37. The Morgan fingerprint density at radius 3 is 2.64 bits per heavy atom. The predicted molar refractivity (Wildman–Crippen MR) is 108 cm³/mol. The summed E-state index contributed by atoms with van der Waals surface area (Å²) in [5.41, 5.74) is 8.79. The summed E-state index contributed by atoms with van der Waals surface area (Å²) >= 11 is 0. The Bertz CT molecular complexity index is 1070. The number of pyridine rings is 1. The van der Waals surface area contributed by atoms with Crippen LogP contribution in [-0.2, 0) is 17.5 Å². The van der Waals surface area contributed by atoms with E-state index in [2.05, 4.69) is 4.98 Å². The number of hydrogen-bond donors (Lipinski definition) is 1. The number of nitrogens with two attached hydrogens (primary N) is 1. The van der Waals surface area contributed by atoms with E-state index in [1.165, 1.54) is 12.1 Å². The first kappa shape index (κ1) is 18.7. The van der Waals surface area contributed by atoms with Crippen LogP contribution in [0.3, 0.4) is 0 Å². The van der Waals surface area contributed by atoms with E-state index in [1.54, 1.807) is 18.2 Å². The van der Waals surface area contributed by atoms with Gasteiger partial charge in [-0.2, -0.15) is 0 Å². The van der Waals surface area contributed by atoms with Crippen molar-refractivity contribution in [3.8, 4) is 11.1 Å². The highest BCUT2D eigenvalue weighted by atomic mass is 32.2. The zero-order valence-electron chi connectivity index (χ0n) is 15.2. The lowest BCUT2D eigenvalue weighted by Crippen LogP contribution is -2.32. The largest absolute Gasteiger partial charge is 0.364 e. The molecule has 1 aromatic heterocycles. The van der Waals surface area contributed by atoms with Gasteiger partial charge >= 0.3 is 0 Å². The summed E-state index contributed by atoms with van der Waals surface area (Å²) < 4.78 is 27.5. The number of carbonyl (C=O) groups is 1. The minimum atomic E-state index is -0.957. The summed E-state index contributed by atoms with van der Waals surface area (Å²) in [7, 11) is -0.957. The van der Waals surface area contributed by atoms with Gasteiger partial charge in [-0.05, 0) is 53.8 Å². The van der Waals surface area contributed by atoms with Crippen LogP contribution in [0.25, 0.3) is 22.0 Å². The molecule has 1 saturated heterocycles. The quantitative estimate of drug-likeness (QED) is 0.733. The van der Waals surface area contributed by atoms with Gasteiger partial charge in [0.25, 0.3) is 5.91 Å². The molecule has 2 aromatic carbocycles. The average Bonchev–Trinajstić information content (AvgIpc) is 2.69. The predicted octanol–water partition coefficient (Wildman–Crippen LogP) is 3.40. The number of rotatable bonds is 4. The molecule has 5 nitrogen and oxygen atoms in total. The molecule has 1 unspecified atom stereocenters. The normalized spacial score (nSPS) is 17.7. The molecule has 0 bridgehead atoms. The summed E-state index contributed by atoms with van der Waals surface area (Å²) in [6, 6.07) is 13.6. The Labute approximate surface area is 165 Å². The van der Waals surface area contributed by atoms with E-state index in [0.29, 0.717) is 17.8 Å². The minimum Gasteiger partial charge on any atom is -0.364 e. The van der Waals surface area contributed by atoms with Gasteiger partial charge < -0.3 is 5.73 Å². The van der Waals surface area contributed by atoms with Crippen molar-refractivity contribution in [1.29, 1.82) is 0 Å². The summed E-state index contributed by atoms with van der Waals surface area (Å²) in [6.07, 6.45) is 2.03. The molecule has 1 aliphatic rings. The number of fused-ring (bicyclic) bond motifs is 1. The van der Waals surface area contributed by atoms with Crippen molar-refractivity contribution in [3.05, 3.63) is 65.6 Å². The highest BCUT2D eigenvalue weighted by molar-refractivity contribution is 7.82. The number of primary amides is 1. The Morgan fingerprint density at radius 1 is 1.14 bits per heavy atom. The molecule has 1 amide bonds. The highest BCUT2D eigenvalue weighted by Gasteiger charge is 2.18. The van der Waals surface area contributed by atoms with Gasteiger partial charge in [0.15, 0.2) is 0 Å². The van der Waals surface area contributed by atoms with Crippen molar-refractivity contribution < 1.29 is 13.4 Å². The van der Waals surface area contributed by atoms with Gasteiger partial charge in [-0.1, -0.05) is 24.3 Å². The van der Waals surface area contributed by atoms with Gasteiger partial charge in [0, 0.05) is 24.2 Å². The van der Waals surface area contributed by atoms with Crippen LogP contribution in [0.4, 0.5) is 4.39 Å². The summed E-state index contributed by atoms with van der Waals surface area (Å²) in [5, 5.41) is 0.847. The van der Waals surface area contributed by atoms with Gasteiger partial charge in [0.1, 0.15) is 11.5 Å². The number of carbonyl (C=O) groups excluding carboxylic acids is 1. The van der Waals surface area contributed by atoms with Crippen LogP contribution in [0.2, 0.25) is 0 Å². The van der Waals surface area contributed by atoms with Crippen molar-refractivity contribution >= 4 is 27.8 Å². The molecule has 0 spiro atoms. The number of nitrogens with zero attached hydrogens (tertiary/aromatic N) is 2. The Kier molecular flexibility index (Phi) is 5.19. The van der Waals surface area contributed by atoms with Crippen molar-refractivity contribution in [3.63, 3.8) is 0 Å². The molecule has 1 fully saturated rings. The van der Waals surface area contributed by atoms with E-state index in [0.717, 1.165) is 41.5 Å². The number of aromatic nitrogens is 1. The number of halogens is 1. The van der Waals surface area contributed by atoms with Crippen molar-refractivity contribution in [1.82, 2.24) is 9.29 Å². The van der Waals surface area contributed by atoms with Crippen LogP contribution in [-0.4, -0.2) is 31.7 Å². The van der Waals surface area contributed by atoms with E-state index in [-0.39, 0.29) is 11.5 Å². The third kappa shape index (κ3) is 3.81. The molecule has 28 heavy (non-hydrogen) atoms. The molecule has 0 saturated carbocycles. The molecule has 3 aromatic rings. The van der Waals surface area contributed by atoms with E-state index >= 15 is 0 Å². The second kappa shape index (κ2) is 7.77. The zero-order valence-corrected chi connectivity index (χ0v) is 16.0. The average molecular weight is 397 g/mol. The van der Waals surface area contributed by atoms with Crippen molar-refractivity contribution in [2.24, 2.45) is 5.73 Å². The molecule has 7 heteroatoms. The van der Waals surface area contributed by atoms with Crippen LogP contribution in [0.5, 0.6) is 0 Å². The lowest BCUT2D eigenvalue weighted by molar-refractivity contribution is 0.0996. The van der Waals surface area contributed by atoms with E-state index in [9.17, 15) is 13.4 Å². The SMILES string of the molecule is NC(=O)c1cc(-c2ccc(F)cc2)c2ccc(CN3CCCCS3=O)cc2n1. The Balaban J connectivity index is 1.78. The number of hydrogen-bond acceptors (Lipinski definition) is 3. The second-order valence-corrected chi connectivity index (χ2v) is 8.44. The second-order valence-electron chi connectivity index (χ2n) is 6.87. The fraction of sp³-hybridized carbons (Fsp3) is 0.238. The van der Waals surface area contributed by atoms with Gasteiger partial charge in [-0.25, -0.2) is 17.9 Å². The van der Waals surface area contributed by atoms with Gasteiger partial charge in [0.2, 0.25) is 0 Å². The summed E-state index contributed by atoms with van der Waals surface area (Å²) in [5.74, 6) is -0.242. The Morgan fingerprint density at radius 2 is 1.93 bits per heavy atom. The van der Waals surface area contributed by atoms with Gasteiger partial charge in [-0.3, -0.25) is 4.79 Å². The molecule has 144 valence electrons. The van der Waals surface area contributed by atoms with E-state index < -0.39 is 16.9 Å². The first-order chi connectivity index (χ1) is 13.5. The maximum Gasteiger partial charge on any atom is 0.267 e. The van der Waals surface area contributed by atoms with Gasteiger partial charge in [-0.15, -0.1) is 0 Å². The lowest BCUT2D eigenvalue weighted by atomic mass is 9.98. The van der Waals surface area contributed by atoms with E-state index in [4.69, 9.17) is 5.73 Å². The smallest absolute Gasteiger partial charge is 0.267 e. The molecule has 0 radical (unpaired) electrons. The first-order valence-electron chi connectivity index (χ1n) is 9.14. The fourth-order valence-electron chi connectivity index (χ4n) is 3.47. The molecule has 0 aliphatic carbocycles. The molecule has 2 N–H and O–H groups in total. The van der Waals surface area contributed by atoms with Crippen molar-refractivity contribution in [2.45, 2.75) is 19.4 Å². The molecular weight excluding hydrogens is 377 g/mol. The van der Waals surface area contributed by atoms with Gasteiger partial charge in [0.05, 0.1) is 16.5 Å². The van der Waals surface area contributed by atoms with Crippen LogP contribution in [0.1, 0.15) is 28.9 Å². The van der Waals surface area contributed by atoms with Crippen LogP contribution < -0.4 is 5.73 Å². The Hall–Kier alpha value is -2.64. The van der Waals surface area contributed by atoms with Crippen LogP contribution in [0.15, 0.2) is 48.5 Å². The molecule has 2 heterocycles. The molecule has 4 rings (SSSR count). The molecule has 1 atom stereocenters. The third-order valence-corrected chi connectivity index (χ3v) is 6.43. The fourth-order valence-corrected chi connectivity index (χ4v) is 4.80. The first-order valence-corrected chi connectivity index (χ1v) is 10.4. The maximum absolute atomic E-state index is 13.3. The maximum atomic E-state index is 13.3. The van der Waals surface area contributed by atoms with E-state index in [1.807, 2.05) is 22.5 Å². The monoisotopic (exact) mass is 397 g/mol. The van der Waals surface area contributed by atoms with Crippen LogP contribution >= 0.6 is 0 Å². The zero-order chi connectivity index (χ0) is 19.7. The molecule has 1 aliphatic heterocycles. The molecular formula is C21H20FN3O2S. The lowest BCUT2D eigenvalue weighted by Gasteiger charge is -2.25. The standard InChI is InChI=1S/C21H20FN3O2S/c22-16-6-4-15(5-7-16)18-12-20(21(23)26)24-19-11-14(3-8-17(18)19)13-25-9-1-2-10-28(25)27/h3-8,11-12H,1-2,9-10,13H2,(H2,23,26). The van der Waals surface area contributed by atoms with Crippen LogP contribution in [0, 0.1) is 5.82 Å². The number of benzene rings is 2. The third-order valence-electron chi connectivity index (χ3n) is 4.91. The topological polar surface area (TPSA) is 76.3 Å². The summed E-state index contributed by atoms with van der Waals surface area (Å²) in [4.78, 5) is 16.2.